The molecular weight excluding hydrogens is 554 g/mol. The number of sulfonamides is 1. The van der Waals surface area contributed by atoms with E-state index in [0.717, 1.165) is 22.6 Å². The van der Waals surface area contributed by atoms with Crippen molar-refractivity contribution < 1.29 is 33.0 Å². The molecule has 0 bridgehead atoms. The van der Waals surface area contributed by atoms with Gasteiger partial charge in [0, 0.05) is 40.3 Å². The number of aromatic carboxylic acids is 1. The van der Waals surface area contributed by atoms with Gasteiger partial charge in [0.2, 0.25) is 10.0 Å². The number of thiophene rings is 1. The largest absolute Gasteiger partial charge is 0.480 e. The Labute approximate surface area is 236 Å². The number of piperidine rings is 1. The van der Waals surface area contributed by atoms with Crippen LogP contribution in [0.25, 0.3) is 10.4 Å². The molecule has 2 heterocycles. The Morgan fingerprint density at radius 3 is 2.52 bits per heavy atom. The average molecular weight is 586 g/mol. The Balaban J connectivity index is 1.56. The number of nitrogen functional groups attached to an aromatic ring is 1. The van der Waals surface area contributed by atoms with E-state index in [4.69, 9.17) is 20.6 Å². The second kappa shape index (κ2) is 11.4. The summed E-state index contributed by atoms with van der Waals surface area (Å²) in [5, 5.41) is 18.6. The molecule has 0 saturated carbocycles. The van der Waals surface area contributed by atoms with Crippen molar-refractivity contribution >= 4 is 50.4 Å². The third-order valence-corrected chi connectivity index (χ3v) is 9.93. The highest BCUT2D eigenvalue weighted by Gasteiger charge is 2.40. The number of rotatable bonds is 9. The first kappa shape index (κ1) is 29.2. The van der Waals surface area contributed by atoms with Gasteiger partial charge in [0.15, 0.2) is 11.5 Å². The lowest BCUT2D eigenvalue weighted by Crippen LogP contribution is -2.53. The first-order chi connectivity index (χ1) is 18.8. The van der Waals surface area contributed by atoms with Crippen LogP contribution in [-0.4, -0.2) is 59.3 Å². The number of ether oxygens (including phenoxy) is 1. The number of nitrogens with two attached hydrogens (primary N) is 1. The van der Waals surface area contributed by atoms with Gasteiger partial charge in [-0.3, -0.25) is 4.99 Å². The van der Waals surface area contributed by atoms with Crippen LogP contribution in [0.3, 0.4) is 0 Å². The van der Waals surface area contributed by atoms with Crippen LogP contribution in [0.4, 0.5) is 11.4 Å². The molecule has 1 saturated heterocycles. The van der Waals surface area contributed by atoms with Gasteiger partial charge in [-0.05, 0) is 62.6 Å². The minimum absolute atomic E-state index is 0.0418. The van der Waals surface area contributed by atoms with Gasteiger partial charge in [0.05, 0.1) is 11.4 Å². The van der Waals surface area contributed by atoms with E-state index in [0.29, 0.717) is 46.8 Å². The molecule has 1 aliphatic heterocycles. The highest BCUT2D eigenvalue weighted by atomic mass is 32.2. The molecule has 0 aliphatic carbocycles. The first-order valence-electron chi connectivity index (χ1n) is 12.5. The summed E-state index contributed by atoms with van der Waals surface area (Å²) >= 11 is 1.01. The van der Waals surface area contributed by atoms with Crippen LogP contribution in [0.1, 0.15) is 47.5 Å². The normalized spacial score (nSPS) is 16.6. The van der Waals surface area contributed by atoms with Crippen molar-refractivity contribution in [3.8, 4) is 16.2 Å². The fraction of sp³-hybridized carbons (Fsp3) is 0.321. The van der Waals surface area contributed by atoms with E-state index in [1.165, 1.54) is 0 Å². The number of carboxylic acid groups (broad SMARTS) is 2. The monoisotopic (exact) mass is 585 g/mol. The van der Waals surface area contributed by atoms with Gasteiger partial charge in [0.1, 0.15) is 5.75 Å². The molecule has 4 N–H and O–H groups in total. The molecule has 0 spiro atoms. The number of benzene rings is 2. The predicted molar refractivity (Wildman–Crippen MR) is 155 cm³/mol. The zero-order valence-corrected chi connectivity index (χ0v) is 24.0. The standard InChI is InChI=1S/C28H31N3O7S2/c1-17-24(38-15-23(32)33)26(27(34)35)39-25(17)19-7-5-9-21(13-19)30-22-10-11-31(28(2,3)14-22)40(36,37)16-18-6-4-8-20(29)12-18/h4-9,12-13H,10-11,14-16,29H2,1-3H3,(H,32,33)(H,34,35). The SMILES string of the molecule is Cc1c(-c2cccc(N=C3CCN(S(=O)(=O)Cc4cccc(N)c4)C(C)(C)C3)c2)sc(C(=O)O)c1OCC(=O)O. The van der Waals surface area contributed by atoms with Crippen molar-refractivity contribution in [1.82, 2.24) is 4.31 Å². The fourth-order valence-electron chi connectivity index (χ4n) is 4.91. The Hall–Kier alpha value is -3.74. The lowest BCUT2D eigenvalue weighted by molar-refractivity contribution is -0.139. The Morgan fingerprint density at radius 1 is 1.15 bits per heavy atom. The molecule has 4 rings (SSSR count). The Morgan fingerprint density at radius 2 is 1.88 bits per heavy atom. The van der Waals surface area contributed by atoms with Crippen molar-refractivity contribution in [2.24, 2.45) is 4.99 Å². The Bertz CT molecular complexity index is 1590. The van der Waals surface area contributed by atoms with E-state index in [-0.39, 0.29) is 16.4 Å². The van der Waals surface area contributed by atoms with E-state index >= 15 is 0 Å². The molecular formula is C28H31N3O7S2. The van der Waals surface area contributed by atoms with E-state index in [2.05, 4.69) is 0 Å². The lowest BCUT2D eigenvalue weighted by Gasteiger charge is -2.41. The van der Waals surface area contributed by atoms with Gasteiger partial charge in [-0.1, -0.05) is 24.3 Å². The molecule has 1 aromatic heterocycles. The molecule has 10 nitrogen and oxygen atoms in total. The van der Waals surface area contributed by atoms with Crippen LogP contribution < -0.4 is 10.5 Å². The number of carbonyl (C=O) groups is 2. The number of carboxylic acids is 2. The van der Waals surface area contributed by atoms with E-state index in [1.807, 2.05) is 38.1 Å². The quantitative estimate of drug-likeness (QED) is 0.298. The second-order valence-corrected chi connectivity index (χ2v) is 13.2. The molecule has 3 aromatic rings. The number of aliphatic imine (C=N–C) groups is 1. The number of nitrogens with zero attached hydrogens (tertiary/aromatic N) is 2. The molecule has 2 aromatic carbocycles. The molecule has 0 radical (unpaired) electrons. The summed E-state index contributed by atoms with van der Waals surface area (Å²) < 4.78 is 33.4. The van der Waals surface area contributed by atoms with Gasteiger partial charge in [-0.25, -0.2) is 18.0 Å². The number of hydrogen-bond acceptors (Lipinski definition) is 8. The molecule has 212 valence electrons. The summed E-state index contributed by atoms with van der Waals surface area (Å²) in [6, 6.07) is 14.2. The summed E-state index contributed by atoms with van der Waals surface area (Å²) in [6.45, 7) is 5.11. The zero-order chi connectivity index (χ0) is 29.2. The topological polar surface area (TPSA) is 160 Å². The highest BCUT2D eigenvalue weighted by Crippen LogP contribution is 2.42. The van der Waals surface area contributed by atoms with E-state index < -0.39 is 34.1 Å². The first-order valence-corrected chi connectivity index (χ1v) is 14.9. The van der Waals surface area contributed by atoms with Gasteiger partial charge in [0.25, 0.3) is 0 Å². The van der Waals surface area contributed by atoms with Crippen molar-refractivity contribution in [3.63, 3.8) is 0 Å². The van der Waals surface area contributed by atoms with Crippen LogP contribution in [-0.2, 0) is 20.6 Å². The molecule has 1 aliphatic rings. The molecule has 0 atom stereocenters. The maximum absolute atomic E-state index is 13.3. The van der Waals surface area contributed by atoms with E-state index in [9.17, 15) is 23.1 Å². The maximum Gasteiger partial charge on any atom is 0.349 e. The zero-order valence-electron chi connectivity index (χ0n) is 22.4. The lowest BCUT2D eigenvalue weighted by atomic mass is 9.91. The average Bonchev–Trinajstić information content (AvgIpc) is 3.18. The highest BCUT2D eigenvalue weighted by molar-refractivity contribution is 7.88. The third-order valence-electron chi connectivity index (χ3n) is 6.57. The summed E-state index contributed by atoms with van der Waals surface area (Å²) in [4.78, 5) is 28.1. The van der Waals surface area contributed by atoms with Crippen LogP contribution in [0, 0.1) is 6.92 Å². The molecule has 0 unspecified atom stereocenters. The molecule has 12 heteroatoms. The molecule has 0 amide bonds. The summed E-state index contributed by atoms with van der Waals surface area (Å²) in [6.07, 6.45) is 0.917. The van der Waals surface area contributed by atoms with Crippen LogP contribution in [0.5, 0.6) is 5.75 Å². The smallest absolute Gasteiger partial charge is 0.349 e. The number of aliphatic carboxylic acids is 1. The van der Waals surface area contributed by atoms with Crippen molar-refractivity contribution in [3.05, 3.63) is 64.5 Å². The Kier molecular flexibility index (Phi) is 8.33. The van der Waals surface area contributed by atoms with Crippen molar-refractivity contribution in [2.45, 2.75) is 44.9 Å². The predicted octanol–water partition coefficient (Wildman–Crippen LogP) is 4.94. The van der Waals surface area contributed by atoms with Gasteiger partial charge < -0.3 is 20.7 Å². The fourth-order valence-corrected chi connectivity index (χ4v) is 7.94. The number of anilines is 1. The second-order valence-electron chi connectivity index (χ2n) is 10.2. The van der Waals surface area contributed by atoms with Crippen molar-refractivity contribution in [2.75, 3.05) is 18.9 Å². The van der Waals surface area contributed by atoms with Crippen molar-refractivity contribution in [1.29, 1.82) is 0 Å². The van der Waals surface area contributed by atoms with Gasteiger partial charge in [-0.2, -0.15) is 4.31 Å². The maximum atomic E-state index is 13.3. The van der Waals surface area contributed by atoms with Crippen LogP contribution in [0.2, 0.25) is 0 Å². The van der Waals surface area contributed by atoms with Gasteiger partial charge in [-0.15, -0.1) is 11.3 Å². The van der Waals surface area contributed by atoms with Crippen LogP contribution in [0.15, 0.2) is 53.5 Å². The minimum atomic E-state index is -3.60. The number of hydrogen-bond donors (Lipinski definition) is 3. The summed E-state index contributed by atoms with van der Waals surface area (Å²) in [7, 11) is -3.60. The third kappa shape index (κ3) is 6.52. The molecule has 40 heavy (non-hydrogen) atoms. The minimum Gasteiger partial charge on any atom is -0.480 e. The van der Waals surface area contributed by atoms with E-state index in [1.54, 1.807) is 35.5 Å². The molecule has 1 fully saturated rings. The summed E-state index contributed by atoms with van der Waals surface area (Å²) in [5.74, 6) is -2.49. The van der Waals surface area contributed by atoms with Crippen LogP contribution >= 0.6 is 11.3 Å². The van der Waals surface area contributed by atoms with Gasteiger partial charge >= 0.3 is 11.9 Å². The summed E-state index contributed by atoms with van der Waals surface area (Å²) in [5.41, 5.74) is 9.06.